The van der Waals surface area contributed by atoms with E-state index >= 15 is 0 Å². The van der Waals surface area contributed by atoms with Crippen LogP contribution in [0.2, 0.25) is 0 Å². The number of alkyl carbamates (subject to hydrolysis) is 1. The van der Waals surface area contributed by atoms with Crippen LogP contribution in [0.5, 0.6) is 0 Å². The summed E-state index contributed by atoms with van der Waals surface area (Å²) in [6.07, 6.45) is -0.801. The Labute approximate surface area is 125 Å². The molecular formula is C12H17N3O5S. The summed E-state index contributed by atoms with van der Waals surface area (Å²) in [5, 5.41) is 17.8. The summed E-state index contributed by atoms with van der Waals surface area (Å²) in [5.41, 5.74) is -1.05. The number of aliphatic carboxylic acids is 1. The molecule has 0 aliphatic carbocycles. The fraction of sp³-hybridized carbons (Fsp3) is 0.500. The van der Waals surface area contributed by atoms with Gasteiger partial charge in [0.05, 0.1) is 0 Å². The van der Waals surface area contributed by atoms with Gasteiger partial charge >= 0.3 is 12.1 Å². The first-order valence-electron chi connectivity index (χ1n) is 6.08. The molecule has 0 spiro atoms. The molecule has 0 aromatic carbocycles. The SMILES string of the molecule is CC(C)(C)OC(=O)N[C@@H](CSc1ccc(=O)[nH]n1)C(=O)O. The van der Waals surface area contributed by atoms with Crippen LogP contribution in [0, 0.1) is 0 Å². The van der Waals surface area contributed by atoms with E-state index in [1.807, 2.05) is 0 Å². The molecule has 1 atom stereocenters. The maximum Gasteiger partial charge on any atom is 0.408 e. The maximum atomic E-state index is 11.6. The van der Waals surface area contributed by atoms with Gasteiger partial charge in [-0.25, -0.2) is 14.7 Å². The molecule has 0 aliphatic rings. The minimum absolute atomic E-state index is 0.0492. The second-order valence-corrected chi connectivity index (χ2v) is 6.15. The number of amides is 1. The van der Waals surface area contributed by atoms with Gasteiger partial charge in [0.15, 0.2) is 0 Å². The molecule has 0 saturated heterocycles. The number of hydrogen-bond acceptors (Lipinski definition) is 6. The quantitative estimate of drug-likeness (QED) is 0.688. The van der Waals surface area contributed by atoms with Crippen LogP contribution in [0.1, 0.15) is 20.8 Å². The van der Waals surface area contributed by atoms with Crippen molar-refractivity contribution in [3.05, 3.63) is 22.5 Å². The number of nitrogens with zero attached hydrogens (tertiary/aromatic N) is 1. The summed E-state index contributed by atoms with van der Waals surface area (Å²) < 4.78 is 5.00. The summed E-state index contributed by atoms with van der Waals surface area (Å²) in [6.45, 7) is 5.05. The number of aromatic amines is 1. The van der Waals surface area contributed by atoms with E-state index in [0.717, 1.165) is 11.8 Å². The first-order chi connectivity index (χ1) is 9.67. The van der Waals surface area contributed by atoms with E-state index < -0.39 is 23.7 Å². The second kappa shape index (κ2) is 7.11. The van der Waals surface area contributed by atoms with Gasteiger partial charge < -0.3 is 15.2 Å². The van der Waals surface area contributed by atoms with Crippen molar-refractivity contribution in [3.8, 4) is 0 Å². The Morgan fingerprint density at radius 1 is 1.48 bits per heavy atom. The molecule has 0 unspecified atom stereocenters. The normalized spacial score (nSPS) is 12.5. The van der Waals surface area contributed by atoms with Crippen LogP contribution in [-0.4, -0.2) is 44.8 Å². The van der Waals surface area contributed by atoms with Gasteiger partial charge in [0.1, 0.15) is 16.7 Å². The molecule has 1 aromatic rings. The summed E-state index contributed by atoms with van der Waals surface area (Å²) in [6, 6.07) is 1.63. The lowest BCUT2D eigenvalue weighted by atomic mass is 10.2. The molecule has 0 radical (unpaired) electrons. The van der Waals surface area contributed by atoms with Crippen LogP contribution >= 0.6 is 11.8 Å². The van der Waals surface area contributed by atoms with Crippen molar-refractivity contribution >= 4 is 23.8 Å². The number of carbonyl (C=O) groups excluding carboxylic acids is 1. The van der Waals surface area contributed by atoms with E-state index in [2.05, 4.69) is 15.5 Å². The molecule has 9 heteroatoms. The van der Waals surface area contributed by atoms with Crippen LogP contribution in [-0.2, 0) is 9.53 Å². The number of nitrogens with one attached hydrogen (secondary N) is 2. The highest BCUT2D eigenvalue weighted by Crippen LogP contribution is 2.14. The van der Waals surface area contributed by atoms with Crippen molar-refractivity contribution in [2.24, 2.45) is 0 Å². The van der Waals surface area contributed by atoms with Gasteiger partial charge in [-0.3, -0.25) is 4.79 Å². The number of carboxylic acid groups (broad SMARTS) is 1. The molecule has 116 valence electrons. The molecule has 1 rings (SSSR count). The third-order valence-corrected chi connectivity index (χ3v) is 3.06. The van der Waals surface area contributed by atoms with E-state index in [-0.39, 0.29) is 11.3 Å². The van der Waals surface area contributed by atoms with Gasteiger partial charge in [-0.05, 0) is 26.8 Å². The zero-order valence-corrected chi connectivity index (χ0v) is 12.7. The van der Waals surface area contributed by atoms with Gasteiger partial charge in [0.25, 0.3) is 5.56 Å². The Morgan fingerprint density at radius 2 is 2.14 bits per heavy atom. The third kappa shape index (κ3) is 6.80. The molecule has 21 heavy (non-hydrogen) atoms. The minimum Gasteiger partial charge on any atom is -0.480 e. The predicted octanol–water partition coefficient (Wildman–Crippen LogP) is 0.840. The van der Waals surface area contributed by atoms with Gasteiger partial charge in [-0.2, -0.15) is 5.10 Å². The Balaban J connectivity index is 2.58. The average molecular weight is 315 g/mol. The molecule has 3 N–H and O–H groups in total. The molecule has 1 aromatic heterocycles. The molecule has 1 heterocycles. The molecular weight excluding hydrogens is 298 g/mol. The summed E-state index contributed by atoms with van der Waals surface area (Å²) in [5.74, 6) is -1.13. The number of aromatic nitrogens is 2. The van der Waals surface area contributed by atoms with Crippen molar-refractivity contribution in [2.75, 3.05) is 5.75 Å². The number of rotatable bonds is 5. The number of carbonyl (C=O) groups is 2. The highest BCUT2D eigenvalue weighted by molar-refractivity contribution is 7.99. The van der Waals surface area contributed by atoms with Crippen molar-refractivity contribution in [1.82, 2.24) is 15.5 Å². The zero-order valence-electron chi connectivity index (χ0n) is 11.9. The zero-order chi connectivity index (χ0) is 16.0. The second-order valence-electron chi connectivity index (χ2n) is 5.11. The maximum absolute atomic E-state index is 11.6. The van der Waals surface area contributed by atoms with E-state index in [0.29, 0.717) is 5.03 Å². The lowest BCUT2D eigenvalue weighted by Gasteiger charge is -2.21. The van der Waals surface area contributed by atoms with Crippen LogP contribution in [0.4, 0.5) is 4.79 Å². The molecule has 0 fully saturated rings. The van der Waals surface area contributed by atoms with Crippen LogP contribution in [0.25, 0.3) is 0 Å². The van der Waals surface area contributed by atoms with E-state index in [9.17, 15) is 14.4 Å². The van der Waals surface area contributed by atoms with Gasteiger partial charge in [-0.15, -0.1) is 11.8 Å². The van der Waals surface area contributed by atoms with Crippen LogP contribution < -0.4 is 10.9 Å². The Hall–Kier alpha value is -2.03. The molecule has 1 amide bonds. The van der Waals surface area contributed by atoms with E-state index in [1.165, 1.54) is 12.1 Å². The molecule has 0 bridgehead atoms. The third-order valence-electron chi connectivity index (χ3n) is 2.04. The highest BCUT2D eigenvalue weighted by Gasteiger charge is 2.24. The standard InChI is InChI=1S/C12H17N3O5S/c1-12(2,3)20-11(19)13-7(10(17)18)6-21-9-5-4-8(16)14-15-9/h4-5,7H,6H2,1-3H3,(H,13,19)(H,14,16)(H,17,18)/t7-/m0/s1. The highest BCUT2D eigenvalue weighted by atomic mass is 32.2. The van der Waals surface area contributed by atoms with Crippen LogP contribution in [0.15, 0.2) is 22.0 Å². The van der Waals surface area contributed by atoms with Gasteiger partial charge in [0.2, 0.25) is 0 Å². The Kier molecular flexibility index (Phi) is 5.77. The van der Waals surface area contributed by atoms with Crippen LogP contribution in [0.3, 0.4) is 0 Å². The van der Waals surface area contributed by atoms with Gasteiger partial charge in [0, 0.05) is 11.8 Å². The first kappa shape index (κ1) is 17.0. The summed E-state index contributed by atoms with van der Waals surface area (Å²) in [4.78, 5) is 33.5. The molecule has 8 nitrogen and oxygen atoms in total. The minimum atomic E-state index is -1.18. The smallest absolute Gasteiger partial charge is 0.408 e. The topological polar surface area (TPSA) is 121 Å². The Bertz CT molecular complexity index is 546. The van der Waals surface area contributed by atoms with E-state index in [4.69, 9.17) is 9.84 Å². The lowest BCUT2D eigenvalue weighted by molar-refractivity contribution is -0.138. The number of carboxylic acids is 1. The molecule has 0 saturated carbocycles. The number of ether oxygens (including phenoxy) is 1. The fourth-order valence-electron chi connectivity index (χ4n) is 1.21. The number of thioether (sulfide) groups is 1. The summed E-state index contributed by atoms with van der Waals surface area (Å²) in [7, 11) is 0. The lowest BCUT2D eigenvalue weighted by Crippen LogP contribution is -2.44. The van der Waals surface area contributed by atoms with Crippen molar-refractivity contribution in [1.29, 1.82) is 0 Å². The van der Waals surface area contributed by atoms with Crippen molar-refractivity contribution < 1.29 is 19.4 Å². The number of hydrogen-bond donors (Lipinski definition) is 3. The Morgan fingerprint density at radius 3 is 2.62 bits per heavy atom. The van der Waals surface area contributed by atoms with Crippen molar-refractivity contribution in [2.45, 2.75) is 37.4 Å². The van der Waals surface area contributed by atoms with Gasteiger partial charge in [-0.1, -0.05) is 0 Å². The fourth-order valence-corrected chi connectivity index (χ4v) is 2.04. The average Bonchev–Trinajstić information content (AvgIpc) is 2.33. The van der Waals surface area contributed by atoms with Crippen molar-refractivity contribution in [3.63, 3.8) is 0 Å². The van der Waals surface area contributed by atoms with E-state index in [1.54, 1.807) is 20.8 Å². The predicted molar refractivity (Wildman–Crippen MR) is 76.4 cm³/mol. The summed E-state index contributed by atoms with van der Waals surface area (Å²) >= 11 is 1.09. The number of H-pyrrole nitrogens is 1. The largest absolute Gasteiger partial charge is 0.480 e. The molecule has 0 aliphatic heterocycles. The first-order valence-corrected chi connectivity index (χ1v) is 7.07. The monoisotopic (exact) mass is 315 g/mol.